The Morgan fingerprint density at radius 3 is 2.46 bits per heavy atom. The van der Waals surface area contributed by atoms with Crippen molar-refractivity contribution in [2.45, 2.75) is 6.92 Å². The van der Waals surface area contributed by atoms with Crippen molar-refractivity contribution < 1.29 is 14.3 Å². The van der Waals surface area contributed by atoms with Gasteiger partial charge in [0, 0.05) is 5.69 Å². The molecule has 0 atom stereocenters. The van der Waals surface area contributed by atoms with Gasteiger partial charge in [-0.15, -0.1) is 0 Å². The molecule has 2 aromatic carbocycles. The maximum Gasteiger partial charge on any atom is 0.338 e. The molecule has 7 heteroatoms. The molecule has 0 aliphatic carbocycles. The fourth-order valence-corrected chi connectivity index (χ4v) is 2.29. The lowest BCUT2D eigenvalue weighted by Gasteiger charge is -2.10. The standard InChI is InChI=1S/C17H16Cl2N2O3/c1-2-24-17(23)11-6-8-12(9-7-11)21-15(22)10-20-14-5-3-4-13(18)16(14)19/h3-9,20H,2,10H2,1H3,(H,21,22). The van der Waals surface area contributed by atoms with Gasteiger partial charge in [-0.1, -0.05) is 29.3 Å². The SMILES string of the molecule is CCOC(=O)c1ccc(NC(=O)CNc2cccc(Cl)c2Cl)cc1. The van der Waals surface area contributed by atoms with Gasteiger partial charge in [0.25, 0.3) is 0 Å². The minimum Gasteiger partial charge on any atom is -0.462 e. The topological polar surface area (TPSA) is 67.4 Å². The molecular formula is C17H16Cl2N2O3. The second-order valence-corrected chi connectivity index (χ2v) is 5.59. The van der Waals surface area contributed by atoms with Crippen molar-refractivity contribution in [2.75, 3.05) is 23.8 Å². The molecule has 2 aromatic rings. The first-order valence-electron chi connectivity index (χ1n) is 7.26. The molecule has 126 valence electrons. The van der Waals surface area contributed by atoms with Gasteiger partial charge in [0.2, 0.25) is 5.91 Å². The maximum atomic E-state index is 12.0. The van der Waals surface area contributed by atoms with E-state index >= 15 is 0 Å². The highest BCUT2D eigenvalue weighted by Crippen LogP contribution is 2.29. The minimum atomic E-state index is -0.396. The molecule has 0 aliphatic heterocycles. The van der Waals surface area contributed by atoms with Crippen molar-refractivity contribution in [1.82, 2.24) is 0 Å². The van der Waals surface area contributed by atoms with Gasteiger partial charge in [-0.25, -0.2) is 4.79 Å². The Bertz CT molecular complexity index is 733. The first kappa shape index (κ1) is 18.1. The summed E-state index contributed by atoms with van der Waals surface area (Å²) in [7, 11) is 0. The number of nitrogens with one attached hydrogen (secondary N) is 2. The molecule has 2 rings (SSSR count). The van der Waals surface area contributed by atoms with E-state index in [1.165, 1.54) is 0 Å². The van der Waals surface area contributed by atoms with E-state index in [4.69, 9.17) is 27.9 Å². The number of amides is 1. The Kier molecular flexibility index (Phi) is 6.46. The zero-order valence-electron chi connectivity index (χ0n) is 12.9. The second kappa shape index (κ2) is 8.57. The van der Waals surface area contributed by atoms with E-state index in [-0.39, 0.29) is 12.5 Å². The summed E-state index contributed by atoms with van der Waals surface area (Å²) in [4.78, 5) is 23.5. The third-order valence-corrected chi connectivity index (χ3v) is 3.89. The van der Waals surface area contributed by atoms with Crippen LogP contribution >= 0.6 is 23.2 Å². The van der Waals surface area contributed by atoms with E-state index in [1.807, 2.05) is 0 Å². The average Bonchev–Trinajstić information content (AvgIpc) is 2.57. The van der Waals surface area contributed by atoms with Gasteiger partial charge in [-0.05, 0) is 43.3 Å². The smallest absolute Gasteiger partial charge is 0.338 e. The van der Waals surface area contributed by atoms with Crippen molar-refractivity contribution >= 4 is 46.5 Å². The number of hydrogen-bond donors (Lipinski definition) is 2. The summed E-state index contributed by atoms with van der Waals surface area (Å²) in [6.07, 6.45) is 0. The van der Waals surface area contributed by atoms with Crippen LogP contribution in [0.4, 0.5) is 11.4 Å². The van der Waals surface area contributed by atoms with E-state index in [0.717, 1.165) is 0 Å². The van der Waals surface area contributed by atoms with Crippen LogP contribution in [-0.2, 0) is 9.53 Å². The van der Waals surface area contributed by atoms with E-state index in [2.05, 4.69) is 10.6 Å². The number of carbonyl (C=O) groups excluding carboxylic acids is 2. The van der Waals surface area contributed by atoms with E-state index < -0.39 is 5.97 Å². The van der Waals surface area contributed by atoms with Crippen LogP contribution in [0, 0.1) is 0 Å². The Morgan fingerprint density at radius 1 is 1.08 bits per heavy atom. The van der Waals surface area contributed by atoms with Crippen LogP contribution in [0.3, 0.4) is 0 Å². The number of rotatable bonds is 6. The highest BCUT2D eigenvalue weighted by atomic mass is 35.5. The molecule has 0 radical (unpaired) electrons. The predicted octanol–water partition coefficient (Wildman–Crippen LogP) is 4.22. The van der Waals surface area contributed by atoms with E-state index in [9.17, 15) is 9.59 Å². The van der Waals surface area contributed by atoms with Crippen LogP contribution < -0.4 is 10.6 Å². The molecule has 0 unspecified atom stereocenters. The Morgan fingerprint density at radius 2 is 1.79 bits per heavy atom. The summed E-state index contributed by atoms with van der Waals surface area (Å²) >= 11 is 12.0. The summed E-state index contributed by atoms with van der Waals surface area (Å²) < 4.78 is 4.90. The minimum absolute atomic E-state index is 0.0275. The predicted molar refractivity (Wildman–Crippen MR) is 96.0 cm³/mol. The lowest BCUT2D eigenvalue weighted by atomic mass is 10.2. The molecule has 1 amide bonds. The number of carbonyl (C=O) groups is 2. The van der Waals surface area contributed by atoms with Crippen molar-refractivity contribution in [1.29, 1.82) is 0 Å². The summed E-state index contributed by atoms with van der Waals surface area (Å²) in [5, 5.41) is 6.41. The highest BCUT2D eigenvalue weighted by molar-refractivity contribution is 6.43. The van der Waals surface area contributed by atoms with Crippen molar-refractivity contribution in [3.63, 3.8) is 0 Å². The summed E-state index contributed by atoms with van der Waals surface area (Å²) in [6.45, 7) is 2.08. The molecule has 0 aromatic heterocycles. The van der Waals surface area contributed by atoms with Crippen molar-refractivity contribution in [2.24, 2.45) is 0 Å². The fraction of sp³-hybridized carbons (Fsp3) is 0.176. The molecule has 0 spiro atoms. The van der Waals surface area contributed by atoms with Crippen molar-refractivity contribution in [3.8, 4) is 0 Å². The van der Waals surface area contributed by atoms with Crippen LogP contribution in [0.25, 0.3) is 0 Å². The molecule has 0 bridgehead atoms. The van der Waals surface area contributed by atoms with Gasteiger partial charge in [0.15, 0.2) is 0 Å². The molecule has 0 fully saturated rings. The number of anilines is 2. The lowest BCUT2D eigenvalue weighted by Crippen LogP contribution is -2.21. The molecule has 0 heterocycles. The quantitative estimate of drug-likeness (QED) is 0.751. The normalized spacial score (nSPS) is 10.1. The van der Waals surface area contributed by atoms with Crippen molar-refractivity contribution in [3.05, 3.63) is 58.1 Å². The van der Waals surface area contributed by atoms with Crippen LogP contribution in [0.2, 0.25) is 10.0 Å². The third-order valence-electron chi connectivity index (χ3n) is 3.07. The zero-order chi connectivity index (χ0) is 17.5. The number of halogens is 2. The monoisotopic (exact) mass is 366 g/mol. The lowest BCUT2D eigenvalue weighted by molar-refractivity contribution is -0.114. The van der Waals surface area contributed by atoms with Crippen LogP contribution in [0.1, 0.15) is 17.3 Å². The molecule has 0 aliphatic rings. The fourth-order valence-electron chi connectivity index (χ4n) is 1.93. The number of hydrogen-bond acceptors (Lipinski definition) is 4. The third kappa shape index (κ3) is 4.88. The van der Waals surface area contributed by atoms with Gasteiger partial charge < -0.3 is 15.4 Å². The summed E-state index contributed by atoms with van der Waals surface area (Å²) in [5.41, 5.74) is 1.59. The second-order valence-electron chi connectivity index (χ2n) is 4.80. The molecule has 0 saturated heterocycles. The van der Waals surface area contributed by atoms with Gasteiger partial charge in [0.05, 0.1) is 34.4 Å². The first-order valence-corrected chi connectivity index (χ1v) is 8.01. The van der Waals surface area contributed by atoms with Gasteiger partial charge in [-0.2, -0.15) is 0 Å². The molecule has 2 N–H and O–H groups in total. The average molecular weight is 367 g/mol. The first-order chi connectivity index (χ1) is 11.5. The maximum absolute atomic E-state index is 12.0. The molecule has 5 nitrogen and oxygen atoms in total. The Balaban J connectivity index is 1.90. The highest BCUT2D eigenvalue weighted by Gasteiger charge is 2.08. The number of benzene rings is 2. The van der Waals surface area contributed by atoms with Gasteiger partial charge in [0.1, 0.15) is 0 Å². The zero-order valence-corrected chi connectivity index (χ0v) is 14.4. The van der Waals surface area contributed by atoms with Gasteiger partial charge >= 0.3 is 5.97 Å². The van der Waals surface area contributed by atoms with Crippen LogP contribution in [-0.4, -0.2) is 25.0 Å². The largest absolute Gasteiger partial charge is 0.462 e. The number of esters is 1. The molecule has 24 heavy (non-hydrogen) atoms. The molecule has 0 saturated carbocycles. The molecular weight excluding hydrogens is 351 g/mol. The Labute approximate surface area is 149 Å². The Hall–Kier alpha value is -2.24. The summed E-state index contributed by atoms with van der Waals surface area (Å²) in [6, 6.07) is 11.6. The van der Waals surface area contributed by atoms with Gasteiger partial charge in [-0.3, -0.25) is 4.79 Å². The number of ether oxygens (including phenoxy) is 1. The van der Waals surface area contributed by atoms with Crippen LogP contribution in [0.15, 0.2) is 42.5 Å². The van der Waals surface area contributed by atoms with E-state index in [1.54, 1.807) is 49.4 Å². The van der Waals surface area contributed by atoms with Crippen LogP contribution in [0.5, 0.6) is 0 Å². The van der Waals surface area contributed by atoms with E-state index in [0.29, 0.717) is 33.6 Å². The summed E-state index contributed by atoms with van der Waals surface area (Å²) in [5.74, 6) is -0.650.